The number of rotatable bonds is 4. The molecule has 0 bridgehead atoms. The van der Waals surface area contributed by atoms with Crippen LogP contribution in [-0.2, 0) is 16.4 Å². The molecule has 7 heteroatoms. The molecule has 1 N–H and O–H groups in total. The molecule has 1 aliphatic carbocycles. The lowest BCUT2D eigenvalue weighted by atomic mass is 9.74. The average Bonchev–Trinajstić information content (AvgIpc) is 2.97. The summed E-state index contributed by atoms with van der Waals surface area (Å²) < 4.78 is 31.0. The molecule has 5 nitrogen and oxygen atoms in total. The van der Waals surface area contributed by atoms with E-state index in [0.717, 1.165) is 29.1 Å². The Hall–Kier alpha value is -2.15. The summed E-state index contributed by atoms with van der Waals surface area (Å²) in [4.78, 5) is 0.208. The van der Waals surface area contributed by atoms with Gasteiger partial charge in [0.25, 0.3) is 0 Å². The molecule has 0 saturated heterocycles. The average molecular weight is 430 g/mol. The van der Waals surface area contributed by atoms with Gasteiger partial charge in [0.2, 0.25) is 10.0 Å². The van der Waals surface area contributed by atoms with Crippen LogP contribution in [0.2, 0.25) is 5.02 Å². The second-order valence-electron chi connectivity index (χ2n) is 8.37. The van der Waals surface area contributed by atoms with Crippen molar-refractivity contribution < 1.29 is 8.42 Å². The standard InChI is InChI=1S/C22H24ClN3O2S/c1-15-21-19(25-29(27,28)18-11-9-16(23)10-12-18)13-22(2,3)14-20(21)26(24-15)17-7-5-4-6-8-17/h4-12,19,25H,13-14H2,1-3H3. The molecule has 0 spiro atoms. The quantitative estimate of drug-likeness (QED) is 0.646. The molecule has 0 aliphatic heterocycles. The van der Waals surface area contributed by atoms with Crippen LogP contribution in [0.1, 0.15) is 43.3 Å². The van der Waals surface area contributed by atoms with Crippen LogP contribution in [-0.4, -0.2) is 18.2 Å². The van der Waals surface area contributed by atoms with Gasteiger partial charge in [0.15, 0.2) is 0 Å². The maximum Gasteiger partial charge on any atom is 0.241 e. The molecule has 0 saturated carbocycles. The van der Waals surface area contributed by atoms with Gasteiger partial charge in [-0.05, 0) is 61.6 Å². The minimum atomic E-state index is -3.69. The van der Waals surface area contributed by atoms with Crippen molar-refractivity contribution in [2.45, 2.75) is 44.6 Å². The van der Waals surface area contributed by atoms with Crippen molar-refractivity contribution in [2.75, 3.05) is 0 Å². The number of para-hydroxylation sites is 1. The second-order valence-corrected chi connectivity index (χ2v) is 10.5. The number of nitrogens with one attached hydrogen (secondary N) is 1. The van der Waals surface area contributed by atoms with Gasteiger partial charge in [-0.1, -0.05) is 43.6 Å². The molecule has 1 unspecified atom stereocenters. The lowest BCUT2D eigenvalue weighted by Crippen LogP contribution is -2.37. The summed E-state index contributed by atoms with van der Waals surface area (Å²) in [5, 5.41) is 5.26. The summed E-state index contributed by atoms with van der Waals surface area (Å²) in [5.41, 5.74) is 3.80. The van der Waals surface area contributed by atoms with E-state index in [2.05, 4.69) is 18.6 Å². The number of sulfonamides is 1. The van der Waals surface area contributed by atoms with Gasteiger partial charge in [-0.15, -0.1) is 0 Å². The van der Waals surface area contributed by atoms with Crippen LogP contribution >= 0.6 is 11.6 Å². The number of benzene rings is 2. The van der Waals surface area contributed by atoms with Gasteiger partial charge in [-0.3, -0.25) is 0 Å². The Bertz CT molecular complexity index is 1140. The van der Waals surface area contributed by atoms with E-state index < -0.39 is 10.0 Å². The number of aromatic nitrogens is 2. The molecule has 2 aromatic carbocycles. The van der Waals surface area contributed by atoms with Gasteiger partial charge in [-0.2, -0.15) is 5.10 Å². The maximum absolute atomic E-state index is 13.0. The third-order valence-electron chi connectivity index (χ3n) is 5.38. The van der Waals surface area contributed by atoms with Gasteiger partial charge in [0.05, 0.1) is 22.3 Å². The molecule has 4 rings (SSSR count). The fraction of sp³-hybridized carbons (Fsp3) is 0.318. The summed E-state index contributed by atoms with van der Waals surface area (Å²) >= 11 is 5.91. The molecular weight excluding hydrogens is 406 g/mol. The van der Waals surface area contributed by atoms with Crippen molar-refractivity contribution in [3.63, 3.8) is 0 Å². The highest BCUT2D eigenvalue weighted by Gasteiger charge is 2.38. The zero-order valence-corrected chi connectivity index (χ0v) is 18.3. The van der Waals surface area contributed by atoms with Crippen molar-refractivity contribution in [1.82, 2.24) is 14.5 Å². The highest BCUT2D eigenvalue weighted by atomic mass is 35.5. The molecular formula is C22H24ClN3O2S. The fourth-order valence-electron chi connectivity index (χ4n) is 4.14. The summed E-state index contributed by atoms with van der Waals surface area (Å²) in [5.74, 6) is 0. The second kappa shape index (κ2) is 7.27. The number of halogens is 1. The SMILES string of the molecule is Cc1nn(-c2ccccc2)c2c1C(NS(=O)(=O)c1ccc(Cl)cc1)CC(C)(C)C2. The van der Waals surface area contributed by atoms with Crippen molar-refractivity contribution in [3.8, 4) is 5.69 Å². The molecule has 1 aliphatic rings. The van der Waals surface area contributed by atoms with Crippen LogP contribution in [0.3, 0.4) is 0 Å². The third-order valence-corrected chi connectivity index (χ3v) is 7.12. The first-order valence-corrected chi connectivity index (χ1v) is 11.4. The zero-order valence-electron chi connectivity index (χ0n) is 16.7. The fourth-order valence-corrected chi connectivity index (χ4v) is 5.48. The van der Waals surface area contributed by atoms with Crippen LogP contribution in [0.4, 0.5) is 0 Å². The first-order valence-electron chi connectivity index (χ1n) is 9.58. The Morgan fingerprint density at radius 2 is 1.76 bits per heavy atom. The normalized spacial score (nSPS) is 18.4. The first-order chi connectivity index (χ1) is 13.7. The molecule has 0 radical (unpaired) electrons. The van der Waals surface area contributed by atoms with E-state index in [1.54, 1.807) is 12.1 Å². The van der Waals surface area contributed by atoms with Crippen molar-refractivity contribution in [1.29, 1.82) is 0 Å². The monoisotopic (exact) mass is 429 g/mol. The summed E-state index contributed by atoms with van der Waals surface area (Å²) in [7, 11) is -3.69. The van der Waals surface area contributed by atoms with Crippen LogP contribution < -0.4 is 4.72 Å². The molecule has 1 atom stereocenters. The Labute approximate surface area is 176 Å². The molecule has 152 valence electrons. The van der Waals surface area contributed by atoms with Crippen molar-refractivity contribution in [2.24, 2.45) is 5.41 Å². The molecule has 0 fully saturated rings. The topological polar surface area (TPSA) is 64.0 Å². The first kappa shape index (κ1) is 20.1. The van der Waals surface area contributed by atoms with E-state index in [-0.39, 0.29) is 16.4 Å². The Balaban J connectivity index is 1.77. The van der Waals surface area contributed by atoms with E-state index in [1.807, 2.05) is 41.9 Å². The number of nitrogens with zero attached hydrogens (tertiary/aromatic N) is 2. The van der Waals surface area contributed by atoms with Gasteiger partial charge >= 0.3 is 0 Å². The third kappa shape index (κ3) is 3.97. The largest absolute Gasteiger partial charge is 0.241 e. The number of aryl methyl sites for hydroxylation is 1. The molecule has 1 heterocycles. The molecule has 29 heavy (non-hydrogen) atoms. The van der Waals surface area contributed by atoms with E-state index >= 15 is 0 Å². The predicted molar refractivity (Wildman–Crippen MR) is 115 cm³/mol. The van der Waals surface area contributed by atoms with Crippen LogP contribution in [0.25, 0.3) is 5.69 Å². The van der Waals surface area contributed by atoms with Gasteiger partial charge in [0.1, 0.15) is 0 Å². The van der Waals surface area contributed by atoms with E-state index in [4.69, 9.17) is 16.7 Å². The Morgan fingerprint density at radius 3 is 2.41 bits per heavy atom. The highest BCUT2D eigenvalue weighted by molar-refractivity contribution is 7.89. The maximum atomic E-state index is 13.0. The number of hydrogen-bond acceptors (Lipinski definition) is 3. The predicted octanol–water partition coefficient (Wildman–Crippen LogP) is 4.83. The van der Waals surface area contributed by atoms with Gasteiger partial charge in [-0.25, -0.2) is 17.8 Å². The lowest BCUT2D eigenvalue weighted by Gasteiger charge is -2.36. The summed E-state index contributed by atoms with van der Waals surface area (Å²) in [6.07, 6.45) is 1.53. The summed E-state index contributed by atoms with van der Waals surface area (Å²) in [6.45, 7) is 6.27. The molecule has 1 aromatic heterocycles. The number of fused-ring (bicyclic) bond motifs is 1. The Morgan fingerprint density at radius 1 is 1.10 bits per heavy atom. The molecule has 3 aromatic rings. The summed E-state index contributed by atoms with van der Waals surface area (Å²) in [6, 6.07) is 15.9. The number of hydrogen-bond donors (Lipinski definition) is 1. The van der Waals surface area contributed by atoms with Crippen molar-refractivity contribution >= 4 is 21.6 Å². The van der Waals surface area contributed by atoms with Crippen molar-refractivity contribution in [3.05, 3.63) is 76.6 Å². The van der Waals surface area contributed by atoms with Crippen LogP contribution in [0.15, 0.2) is 59.5 Å². The lowest BCUT2D eigenvalue weighted by molar-refractivity contribution is 0.268. The van der Waals surface area contributed by atoms with Crippen LogP contribution in [0, 0.1) is 12.3 Å². The zero-order chi connectivity index (χ0) is 20.8. The van der Waals surface area contributed by atoms with Crippen LogP contribution in [0.5, 0.6) is 0 Å². The minimum absolute atomic E-state index is 0.0703. The van der Waals surface area contributed by atoms with E-state index in [1.165, 1.54) is 12.1 Å². The van der Waals surface area contributed by atoms with Gasteiger partial charge in [0, 0.05) is 16.3 Å². The van der Waals surface area contributed by atoms with E-state index in [0.29, 0.717) is 11.4 Å². The smallest absolute Gasteiger partial charge is 0.237 e. The van der Waals surface area contributed by atoms with Gasteiger partial charge < -0.3 is 0 Å². The minimum Gasteiger partial charge on any atom is -0.237 e. The molecule has 0 amide bonds. The van der Waals surface area contributed by atoms with E-state index in [9.17, 15) is 8.42 Å². The Kier molecular flexibility index (Phi) is 5.05. The highest BCUT2D eigenvalue weighted by Crippen LogP contribution is 2.43.